The Hall–Kier alpha value is 0.0969. The highest BCUT2D eigenvalue weighted by atomic mass is 28.3. The largest absolute Gasteiger partial charge is 0.391 e. The van der Waals surface area contributed by atoms with Crippen molar-refractivity contribution in [2.24, 2.45) is 5.92 Å². The summed E-state index contributed by atoms with van der Waals surface area (Å²) in [6.07, 6.45) is 2.90. The molecule has 0 spiro atoms. The van der Waals surface area contributed by atoms with Crippen molar-refractivity contribution in [1.29, 1.82) is 0 Å². The van der Waals surface area contributed by atoms with Gasteiger partial charge < -0.3 is 14.2 Å². The van der Waals surface area contributed by atoms with Crippen molar-refractivity contribution in [3.63, 3.8) is 0 Å². The summed E-state index contributed by atoms with van der Waals surface area (Å²) in [7, 11) is -1.69. The van der Waals surface area contributed by atoms with Gasteiger partial charge in [0.1, 0.15) is 0 Å². The minimum absolute atomic E-state index is 0.0831. The molecule has 0 saturated heterocycles. The summed E-state index contributed by atoms with van der Waals surface area (Å²) in [5.74, 6) is 0.660. The van der Waals surface area contributed by atoms with Gasteiger partial charge in [0, 0.05) is 6.17 Å². The predicted molar refractivity (Wildman–Crippen MR) is 85.8 cm³/mol. The normalized spacial score (nSPS) is 13.6. The molecule has 0 radical (unpaired) electrons. The molecule has 0 atom stereocenters. The summed E-state index contributed by atoms with van der Waals surface area (Å²) in [4.78, 5) is 0. The van der Waals surface area contributed by atoms with Gasteiger partial charge in [0.15, 0.2) is 0 Å². The van der Waals surface area contributed by atoms with Gasteiger partial charge in [-0.3, -0.25) is 0 Å². The highest BCUT2D eigenvalue weighted by Gasteiger charge is 2.29. The van der Waals surface area contributed by atoms with Gasteiger partial charge in [-0.25, -0.2) is 0 Å². The predicted octanol–water partition coefficient (Wildman–Crippen LogP) is 3.40. The van der Waals surface area contributed by atoms with Crippen LogP contribution in [0.2, 0.25) is 0 Å². The summed E-state index contributed by atoms with van der Waals surface area (Å²) < 4.78 is 12.5. The van der Waals surface area contributed by atoms with E-state index in [1.165, 1.54) is 0 Å². The Balaban J connectivity index is 4.47. The van der Waals surface area contributed by atoms with Crippen molar-refractivity contribution in [3.05, 3.63) is 0 Å². The van der Waals surface area contributed by atoms with Gasteiger partial charge in [0.25, 0.3) is 0 Å². The monoisotopic (exact) mass is 289 g/mol. The van der Waals surface area contributed by atoms with Crippen molar-refractivity contribution in [3.8, 4) is 0 Å². The van der Waals surface area contributed by atoms with Crippen molar-refractivity contribution in [2.45, 2.75) is 79.4 Å². The van der Waals surface area contributed by atoms with E-state index < -0.39 is 9.28 Å². The molecule has 0 aromatic carbocycles. The van der Waals surface area contributed by atoms with Crippen molar-refractivity contribution in [2.75, 3.05) is 12.7 Å². The number of hydrogen-bond acceptors (Lipinski definition) is 3. The fraction of sp³-hybridized carbons (Fsp3) is 1.00. The average molecular weight is 290 g/mol. The van der Waals surface area contributed by atoms with Crippen LogP contribution in [0.4, 0.5) is 0 Å². The van der Waals surface area contributed by atoms with Crippen LogP contribution in [-0.2, 0) is 8.85 Å². The Morgan fingerprint density at radius 3 is 1.68 bits per heavy atom. The second-order valence-corrected chi connectivity index (χ2v) is 8.68. The highest BCUT2D eigenvalue weighted by Crippen LogP contribution is 2.20. The van der Waals surface area contributed by atoms with E-state index >= 15 is 0 Å². The van der Waals surface area contributed by atoms with Crippen LogP contribution in [0.1, 0.15) is 68.2 Å². The molecule has 0 saturated carbocycles. The van der Waals surface area contributed by atoms with Crippen LogP contribution in [0.25, 0.3) is 0 Å². The quantitative estimate of drug-likeness (QED) is 0.625. The smallest absolute Gasteiger partial charge is 0.336 e. The fourth-order valence-corrected chi connectivity index (χ4v) is 3.85. The van der Waals surface area contributed by atoms with E-state index in [1.54, 1.807) is 0 Å². The first-order chi connectivity index (χ1) is 8.62. The minimum Gasteiger partial charge on any atom is -0.391 e. The molecule has 0 unspecified atom stereocenters. The summed E-state index contributed by atoms with van der Waals surface area (Å²) in [6.45, 7) is 18.4. The van der Waals surface area contributed by atoms with Crippen LogP contribution in [0.3, 0.4) is 0 Å². The van der Waals surface area contributed by atoms with Crippen LogP contribution in [-0.4, -0.2) is 33.2 Å². The lowest BCUT2D eigenvalue weighted by Crippen LogP contribution is -2.47. The molecular formula is C15H35NO2Si. The lowest BCUT2D eigenvalue weighted by atomic mass is 10.1. The molecular weight excluding hydrogens is 254 g/mol. The first-order valence-electron chi connectivity index (χ1n) is 7.68. The second kappa shape index (κ2) is 8.40. The SMILES string of the molecule is CCC(C)(C)O[SiH](CNCC(C)C)OC(C)(C)CC. The molecule has 0 bridgehead atoms. The Morgan fingerprint density at radius 1 is 0.947 bits per heavy atom. The summed E-state index contributed by atoms with van der Waals surface area (Å²) >= 11 is 0. The van der Waals surface area contributed by atoms with Crippen LogP contribution in [0, 0.1) is 5.92 Å². The molecule has 4 heteroatoms. The Kier molecular flexibility index (Phi) is 8.44. The molecule has 0 aliphatic rings. The molecule has 0 aliphatic carbocycles. The molecule has 0 aliphatic heterocycles. The molecule has 19 heavy (non-hydrogen) atoms. The van der Waals surface area contributed by atoms with Crippen molar-refractivity contribution >= 4 is 9.28 Å². The molecule has 0 heterocycles. The summed E-state index contributed by atoms with van der Waals surface area (Å²) in [5.41, 5.74) is -0.166. The third-order valence-corrected chi connectivity index (χ3v) is 5.89. The van der Waals surface area contributed by atoms with Gasteiger partial charge in [0.05, 0.1) is 11.2 Å². The highest BCUT2D eigenvalue weighted by molar-refractivity contribution is 6.44. The number of nitrogens with one attached hydrogen (secondary N) is 1. The lowest BCUT2D eigenvalue weighted by Gasteiger charge is -2.35. The third kappa shape index (κ3) is 9.60. The Labute approximate surface area is 122 Å². The van der Waals surface area contributed by atoms with Crippen LogP contribution in [0.15, 0.2) is 0 Å². The lowest BCUT2D eigenvalue weighted by molar-refractivity contribution is 0.0130. The maximum absolute atomic E-state index is 6.26. The molecule has 116 valence electrons. The van der Waals surface area contributed by atoms with E-state index in [-0.39, 0.29) is 11.2 Å². The number of rotatable bonds is 10. The van der Waals surface area contributed by atoms with E-state index in [0.29, 0.717) is 5.92 Å². The van der Waals surface area contributed by atoms with E-state index in [9.17, 15) is 0 Å². The van der Waals surface area contributed by atoms with Gasteiger partial charge in [-0.2, -0.15) is 0 Å². The average Bonchev–Trinajstić information content (AvgIpc) is 2.27. The van der Waals surface area contributed by atoms with E-state index in [4.69, 9.17) is 8.85 Å². The van der Waals surface area contributed by atoms with E-state index in [1.807, 2.05) is 0 Å². The fourth-order valence-electron chi connectivity index (χ4n) is 1.48. The molecule has 0 amide bonds. The standard InChI is InChI=1S/C15H35NO2Si/c1-9-14(5,6)17-19(12-16-11-13(3)4)18-15(7,8)10-2/h13,16,19H,9-12H2,1-8H3. The summed E-state index contributed by atoms with van der Waals surface area (Å²) in [6, 6.07) is 0. The van der Waals surface area contributed by atoms with E-state index in [2.05, 4.69) is 60.7 Å². The van der Waals surface area contributed by atoms with Gasteiger partial charge in [-0.1, -0.05) is 27.7 Å². The van der Waals surface area contributed by atoms with Gasteiger partial charge >= 0.3 is 9.28 Å². The van der Waals surface area contributed by atoms with Crippen LogP contribution in [0.5, 0.6) is 0 Å². The van der Waals surface area contributed by atoms with Gasteiger partial charge in [0.2, 0.25) is 0 Å². The van der Waals surface area contributed by atoms with Gasteiger partial charge in [-0.05, 0) is 53.0 Å². The third-order valence-electron chi connectivity index (χ3n) is 3.47. The molecule has 0 fully saturated rings. The van der Waals surface area contributed by atoms with Crippen molar-refractivity contribution in [1.82, 2.24) is 5.32 Å². The van der Waals surface area contributed by atoms with Gasteiger partial charge in [-0.15, -0.1) is 0 Å². The van der Waals surface area contributed by atoms with Crippen LogP contribution >= 0.6 is 0 Å². The molecule has 3 nitrogen and oxygen atoms in total. The molecule has 0 rings (SSSR count). The minimum atomic E-state index is -1.69. The Morgan fingerprint density at radius 2 is 1.37 bits per heavy atom. The first-order valence-corrected chi connectivity index (χ1v) is 9.44. The Bertz CT molecular complexity index is 224. The maximum atomic E-state index is 6.26. The zero-order valence-electron chi connectivity index (χ0n) is 14.3. The van der Waals surface area contributed by atoms with E-state index in [0.717, 1.165) is 25.6 Å². The first kappa shape index (κ1) is 19.1. The number of hydrogen-bond donors (Lipinski definition) is 1. The van der Waals surface area contributed by atoms with Crippen molar-refractivity contribution < 1.29 is 8.85 Å². The summed E-state index contributed by atoms with van der Waals surface area (Å²) in [5, 5.41) is 3.49. The zero-order chi connectivity index (χ0) is 15.1. The van der Waals surface area contributed by atoms with Crippen LogP contribution < -0.4 is 5.32 Å². The topological polar surface area (TPSA) is 30.5 Å². The second-order valence-electron chi connectivity index (χ2n) is 6.94. The maximum Gasteiger partial charge on any atom is 0.336 e. The molecule has 1 N–H and O–H groups in total. The molecule has 0 aromatic heterocycles. The zero-order valence-corrected chi connectivity index (χ0v) is 15.5. The molecule has 0 aromatic rings.